The SMILES string of the molecule is Cc1c(F)cccc1NS(=O)(=O)c1cncc(Br)c1. The molecule has 1 heterocycles. The first-order chi connectivity index (χ1) is 8.90. The Hall–Kier alpha value is -1.47. The molecular formula is C12H10BrFN2O2S. The molecule has 4 nitrogen and oxygen atoms in total. The Kier molecular flexibility index (Phi) is 3.86. The van der Waals surface area contributed by atoms with Crippen LogP contribution in [0.3, 0.4) is 0 Å². The van der Waals surface area contributed by atoms with Crippen LogP contribution in [0.1, 0.15) is 5.56 Å². The van der Waals surface area contributed by atoms with Crippen molar-refractivity contribution in [3.8, 4) is 0 Å². The van der Waals surface area contributed by atoms with Gasteiger partial charge in [-0.05, 0) is 41.1 Å². The van der Waals surface area contributed by atoms with Gasteiger partial charge in [0, 0.05) is 22.4 Å². The highest BCUT2D eigenvalue weighted by Crippen LogP contribution is 2.22. The van der Waals surface area contributed by atoms with Gasteiger partial charge in [-0.1, -0.05) is 6.07 Å². The molecule has 1 N–H and O–H groups in total. The van der Waals surface area contributed by atoms with E-state index < -0.39 is 15.8 Å². The van der Waals surface area contributed by atoms with E-state index >= 15 is 0 Å². The minimum Gasteiger partial charge on any atom is -0.279 e. The molecule has 100 valence electrons. The topological polar surface area (TPSA) is 59.1 Å². The van der Waals surface area contributed by atoms with Crippen molar-refractivity contribution in [3.05, 3.63) is 52.5 Å². The molecule has 0 spiro atoms. The van der Waals surface area contributed by atoms with E-state index in [4.69, 9.17) is 0 Å². The van der Waals surface area contributed by atoms with E-state index in [1.54, 1.807) is 0 Å². The summed E-state index contributed by atoms with van der Waals surface area (Å²) in [6, 6.07) is 5.64. The van der Waals surface area contributed by atoms with Gasteiger partial charge < -0.3 is 0 Å². The Bertz CT molecular complexity index is 719. The first-order valence-corrected chi connectivity index (χ1v) is 7.56. The molecular weight excluding hydrogens is 335 g/mol. The average Bonchev–Trinajstić information content (AvgIpc) is 2.35. The van der Waals surface area contributed by atoms with Crippen molar-refractivity contribution in [1.82, 2.24) is 4.98 Å². The number of nitrogens with zero attached hydrogens (tertiary/aromatic N) is 1. The monoisotopic (exact) mass is 344 g/mol. The van der Waals surface area contributed by atoms with Gasteiger partial charge in [0.1, 0.15) is 10.7 Å². The zero-order valence-corrected chi connectivity index (χ0v) is 12.3. The molecule has 7 heteroatoms. The van der Waals surface area contributed by atoms with Gasteiger partial charge in [0.25, 0.3) is 10.0 Å². The molecule has 0 saturated heterocycles. The summed E-state index contributed by atoms with van der Waals surface area (Å²) in [4.78, 5) is 3.80. The van der Waals surface area contributed by atoms with Crippen LogP contribution >= 0.6 is 15.9 Å². The largest absolute Gasteiger partial charge is 0.279 e. The van der Waals surface area contributed by atoms with Gasteiger partial charge >= 0.3 is 0 Å². The van der Waals surface area contributed by atoms with Crippen LogP contribution in [0.25, 0.3) is 0 Å². The third-order valence-electron chi connectivity index (χ3n) is 2.50. The molecule has 1 aromatic carbocycles. The van der Waals surface area contributed by atoms with E-state index in [1.165, 1.54) is 43.6 Å². The molecule has 0 bridgehead atoms. The van der Waals surface area contributed by atoms with Gasteiger partial charge in [0.15, 0.2) is 0 Å². The van der Waals surface area contributed by atoms with E-state index in [2.05, 4.69) is 25.6 Å². The van der Waals surface area contributed by atoms with Crippen LogP contribution in [0.4, 0.5) is 10.1 Å². The predicted octanol–water partition coefficient (Wildman–Crippen LogP) is 3.09. The standard InChI is InChI=1S/C12H10BrFN2O2S/c1-8-11(14)3-2-4-12(8)16-19(17,18)10-5-9(13)6-15-7-10/h2-7,16H,1H3. The molecule has 2 aromatic rings. The number of hydrogen-bond donors (Lipinski definition) is 1. The number of hydrogen-bond acceptors (Lipinski definition) is 3. The number of benzene rings is 1. The molecule has 0 atom stereocenters. The highest BCUT2D eigenvalue weighted by atomic mass is 79.9. The van der Waals surface area contributed by atoms with E-state index in [9.17, 15) is 12.8 Å². The summed E-state index contributed by atoms with van der Waals surface area (Å²) in [7, 11) is -3.78. The molecule has 1 aromatic heterocycles. The molecule has 0 aliphatic heterocycles. The van der Waals surface area contributed by atoms with Gasteiger partial charge in [-0.2, -0.15) is 0 Å². The van der Waals surface area contributed by atoms with Crippen molar-refractivity contribution in [3.63, 3.8) is 0 Å². The Morgan fingerprint density at radius 1 is 1.32 bits per heavy atom. The molecule has 0 saturated carbocycles. The number of sulfonamides is 1. The number of halogens is 2. The fourth-order valence-corrected chi connectivity index (χ4v) is 3.09. The Morgan fingerprint density at radius 3 is 2.74 bits per heavy atom. The predicted molar refractivity (Wildman–Crippen MR) is 73.9 cm³/mol. The number of rotatable bonds is 3. The Balaban J connectivity index is 2.39. The third kappa shape index (κ3) is 3.10. The lowest BCUT2D eigenvalue weighted by Crippen LogP contribution is -2.14. The van der Waals surface area contributed by atoms with Crippen LogP contribution in [0, 0.1) is 12.7 Å². The molecule has 19 heavy (non-hydrogen) atoms. The number of anilines is 1. The summed E-state index contributed by atoms with van der Waals surface area (Å²) < 4.78 is 40.5. The highest BCUT2D eigenvalue weighted by molar-refractivity contribution is 9.10. The second-order valence-corrected chi connectivity index (χ2v) is 6.45. The van der Waals surface area contributed by atoms with Crippen molar-refractivity contribution in [1.29, 1.82) is 0 Å². The maximum Gasteiger partial charge on any atom is 0.263 e. The Labute approximate surface area is 118 Å². The van der Waals surface area contributed by atoms with Crippen molar-refractivity contribution in [2.45, 2.75) is 11.8 Å². The highest BCUT2D eigenvalue weighted by Gasteiger charge is 2.16. The maximum atomic E-state index is 13.4. The Morgan fingerprint density at radius 2 is 2.05 bits per heavy atom. The first-order valence-electron chi connectivity index (χ1n) is 5.28. The van der Waals surface area contributed by atoms with Gasteiger partial charge in [0.05, 0.1) is 5.69 Å². The summed E-state index contributed by atoms with van der Waals surface area (Å²) in [6.45, 7) is 1.51. The fourth-order valence-electron chi connectivity index (χ4n) is 1.46. The minimum absolute atomic E-state index is 0.00513. The molecule has 2 rings (SSSR count). The summed E-state index contributed by atoms with van der Waals surface area (Å²) in [6.07, 6.45) is 2.70. The second kappa shape index (κ2) is 5.26. The van der Waals surface area contributed by atoms with Crippen molar-refractivity contribution >= 4 is 31.6 Å². The van der Waals surface area contributed by atoms with Gasteiger partial charge in [-0.3, -0.25) is 9.71 Å². The van der Waals surface area contributed by atoms with Crippen LogP contribution in [0.15, 0.2) is 46.0 Å². The van der Waals surface area contributed by atoms with Crippen LogP contribution < -0.4 is 4.72 Å². The van der Waals surface area contributed by atoms with Crippen LogP contribution in [-0.4, -0.2) is 13.4 Å². The molecule has 0 fully saturated rings. The lowest BCUT2D eigenvalue weighted by Gasteiger charge is -2.10. The molecule has 0 aliphatic carbocycles. The smallest absolute Gasteiger partial charge is 0.263 e. The van der Waals surface area contributed by atoms with Crippen LogP contribution in [0.5, 0.6) is 0 Å². The molecule has 0 amide bonds. The average molecular weight is 345 g/mol. The molecule has 0 unspecified atom stereocenters. The number of aromatic nitrogens is 1. The van der Waals surface area contributed by atoms with Crippen molar-refractivity contribution < 1.29 is 12.8 Å². The minimum atomic E-state index is -3.78. The van der Waals surface area contributed by atoms with E-state index in [0.29, 0.717) is 4.47 Å². The summed E-state index contributed by atoms with van der Waals surface area (Å²) in [5, 5.41) is 0. The summed E-state index contributed by atoms with van der Waals surface area (Å²) in [5.41, 5.74) is 0.453. The maximum absolute atomic E-state index is 13.4. The zero-order chi connectivity index (χ0) is 14.0. The number of pyridine rings is 1. The quantitative estimate of drug-likeness (QED) is 0.930. The lowest BCUT2D eigenvalue weighted by atomic mass is 10.2. The van der Waals surface area contributed by atoms with Gasteiger partial charge in [-0.15, -0.1) is 0 Å². The van der Waals surface area contributed by atoms with Crippen molar-refractivity contribution in [2.24, 2.45) is 0 Å². The van der Waals surface area contributed by atoms with Gasteiger partial charge in [0.2, 0.25) is 0 Å². The van der Waals surface area contributed by atoms with E-state index in [-0.39, 0.29) is 16.1 Å². The van der Waals surface area contributed by atoms with Crippen molar-refractivity contribution in [2.75, 3.05) is 4.72 Å². The third-order valence-corrected chi connectivity index (χ3v) is 4.27. The van der Waals surface area contributed by atoms with Crippen LogP contribution in [-0.2, 0) is 10.0 Å². The molecule has 0 radical (unpaired) electrons. The lowest BCUT2D eigenvalue weighted by molar-refractivity contribution is 0.600. The first kappa shape index (κ1) is 14.0. The van der Waals surface area contributed by atoms with Gasteiger partial charge in [-0.25, -0.2) is 12.8 Å². The number of nitrogens with one attached hydrogen (secondary N) is 1. The summed E-state index contributed by atoms with van der Waals surface area (Å²) >= 11 is 3.15. The van der Waals surface area contributed by atoms with E-state index in [0.717, 1.165) is 0 Å². The second-order valence-electron chi connectivity index (χ2n) is 3.86. The normalized spacial score (nSPS) is 11.3. The zero-order valence-electron chi connectivity index (χ0n) is 9.89. The van der Waals surface area contributed by atoms with Crippen LogP contribution in [0.2, 0.25) is 0 Å². The summed E-state index contributed by atoms with van der Waals surface area (Å²) in [5.74, 6) is -0.465. The molecule has 0 aliphatic rings. The fraction of sp³-hybridized carbons (Fsp3) is 0.0833. The van der Waals surface area contributed by atoms with E-state index in [1.807, 2.05) is 0 Å².